The third-order valence-corrected chi connectivity index (χ3v) is 1.41. The lowest BCUT2D eigenvalue weighted by atomic mass is 10.3. The van der Waals surface area contributed by atoms with Crippen molar-refractivity contribution in [2.24, 2.45) is 0 Å². The molecule has 0 aromatic carbocycles. The quantitative estimate of drug-likeness (QED) is 0.470. The molecular formula is C8H12BF4N2O2-. The first-order chi connectivity index (χ1) is 7.83. The van der Waals surface area contributed by atoms with E-state index in [4.69, 9.17) is 9.47 Å². The predicted molar refractivity (Wildman–Crippen MR) is 53.5 cm³/mol. The SMILES string of the molecule is COC(C)OCc1cnccn1.F[B-](F)(F)F. The molecule has 0 aliphatic carbocycles. The second-order valence-corrected chi connectivity index (χ2v) is 2.81. The topological polar surface area (TPSA) is 44.2 Å². The number of aromatic nitrogens is 2. The van der Waals surface area contributed by atoms with Crippen LogP contribution in [0.2, 0.25) is 0 Å². The molecule has 0 aliphatic rings. The monoisotopic (exact) mass is 255 g/mol. The van der Waals surface area contributed by atoms with E-state index in [0.29, 0.717) is 6.61 Å². The van der Waals surface area contributed by atoms with Crippen LogP contribution in [0, 0.1) is 0 Å². The third kappa shape index (κ3) is 12.7. The van der Waals surface area contributed by atoms with Crippen molar-refractivity contribution in [1.29, 1.82) is 0 Å². The fourth-order valence-corrected chi connectivity index (χ4v) is 0.675. The van der Waals surface area contributed by atoms with Crippen LogP contribution < -0.4 is 0 Å². The van der Waals surface area contributed by atoms with Crippen molar-refractivity contribution in [3.8, 4) is 0 Å². The zero-order valence-corrected chi connectivity index (χ0v) is 9.32. The molecule has 0 radical (unpaired) electrons. The Morgan fingerprint density at radius 2 is 1.88 bits per heavy atom. The summed E-state index contributed by atoms with van der Waals surface area (Å²) in [6.07, 6.45) is 4.73. The summed E-state index contributed by atoms with van der Waals surface area (Å²) in [5.41, 5.74) is 0.807. The number of hydrogen-bond donors (Lipinski definition) is 0. The molecule has 0 spiro atoms. The Kier molecular flexibility index (Phi) is 7.39. The van der Waals surface area contributed by atoms with Gasteiger partial charge in [0.15, 0.2) is 6.29 Å². The van der Waals surface area contributed by atoms with Crippen LogP contribution in [0.5, 0.6) is 0 Å². The highest BCUT2D eigenvalue weighted by atomic mass is 19.5. The molecule has 0 saturated carbocycles. The molecule has 0 N–H and O–H groups in total. The van der Waals surface area contributed by atoms with Crippen LogP contribution in [0.25, 0.3) is 0 Å². The number of hydrogen-bond acceptors (Lipinski definition) is 4. The van der Waals surface area contributed by atoms with Gasteiger partial charge in [-0.1, -0.05) is 0 Å². The van der Waals surface area contributed by atoms with E-state index < -0.39 is 7.25 Å². The van der Waals surface area contributed by atoms with Gasteiger partial charge >= 0.3 is 7.25 Å². The number of methoxy groups -OCH3 is 1. The molecule has 4 nitrogen and oxygen atoms in total. The lowest BCUT2D eigenvalue weighted by Gasteiger charge is -2.09. The van der Waals surface area contributed by atoms with Crippen molar-refractivity contribution in [3.05, 3.63) is 24.3 Å². The molecule has 0 bridgehead atoms. The lowest BCUT2D eigenvalue weighted by Crippen LogP contribution is -2.10. The molecule has 0 amide bonds. The van der Waals surface area contributed by atoms with E-state index in [1.165, 1.54) is 0 Å². The summed E-state index contributed by atoms with van der Waals surface area (Å²) in [7, 11) is -4.40. The van der Waals surface area contributed by atoms with Gasteiger partial charge in [-0.25, -0.2) is 0 Å². The summed E-state index contributed by atoms with van der Waals surface area (Å²) in [4.78, 5) is 7.95. The zero-order chi connectivity index (χ0) is 13.3. The van der Waals surface area contributed by atoms with Crippen LogP contribution in [-0.4, -0.2) is 30.6 Å². The van der Waals surface area contributed by atoms with Gasteiger partial charge in [0.05, 0.1) is 18.5 Å². The highest BCUT2D eigenvalue weighted by Gasteiger charge is 2.20. The Hall–Kier alpha value is -1.22. The average Bonchev–Trinajstić information content (AvgIpc) is 2.25. The highest BCUT2D eigenvalue weighted by Crippen LogP contribution is 2.06. The fourth-order valence-electron chi connectivity index (χ4n) is 0.675. The maximum absolute atomic E-state index is 9.75. The van der Waals surface area contributed by atoms with E-state index in [0.717, 1.165) is 5.69 Å². The number of rotatable bonds is 4. The first-order valence-electron chi connectivity index (χ1n) is 4.59. The molecule has 1 unspecified atom stereocenters. The minimum Gasteiger partial charge on any atom is -0.418 e. The molecule has 1 atom stereocenters. The van der Waals surface area contributed by atoms with Crippen molar-refractivity contribution in [3.63, 3.8) is 0 Å². The van der Waals surface area contributed by atoms with Crippen LogP contribution in [0.1, 0.15) is 12.6 Å². The van der Waals surface area contributed by atoms with Gasteiger partial charge < -0.3 is 26.7 Å². The van der Waals surface area contributed by atoms with Crippen LogP contribution in [0.3, 0.4) is 0 Å². The van der Waals surface area contributed by atoms with Gasteiger partial charge in [-0.3, -0.25) is 9.97 Å². The number of nitrogens with zero attached hydrogens (tertiary/aromatic N) is 2. The molecule has 0 saturated heterocycles. The Labute approximate surface area is 96.1 Å². The molecule has 98 valence electrons. The van der Waals surface area contributed by atoms with E-state index in [9.17, 15) is 17.3 Å². The minimum absolute atomic E-state index is 0.202. The van der Waals surface area contributed by atoms with Gasteiger partial charge in [0.2, 0.25) is 0 Å². The van der Waals surface area contributed by atoms with E-state index in [1.807, 2.05) is 6.92 Å². The molecule has 1 rings (SSSR count). The smallest absolute Gasteiger partial charge is 0.418 e. The number of halogens is 4. The molecule has 0 fully saturated rings. The van der Waals surface area contributed by atoms with Crippen LogP contribution in [0.4, 0.5) is 17.3 Å². The molecule has 17 heavy (non-hydrogen) atoms. The van der Waals surface area contributed by atoms with E-state index in [2.05, 4.69) is 9.97 Å². The van der Waals surface area contributed by atoms with Gasteiger partial charge in [0.25, 0.3) is 0 Å². The van der Waals surface area contributed by atoms with Gasteiger partial charge in [0.1, 0.15) is 0 Å². The maximum atomic E-state index is 9.75. The van der Waals surface area contributed by atoms with Gasteiger partial charge in [-0.15, -0.1) is 0 Å². The van der Waals surface area contributed by atoms with Gasteiger partial charge in [-0.2, -0.15) is 0 Å². The summed E-state index contributed by atoms with van der Waals surface area (Å²) in [5, 5.41) is 0. The summed E-state index contributed by atoms with van der Waals surface area (Å²) in [6, 6.07) is 0. The first kappa shape index (κ1) is 15.8. The molecule has 1 heterocycles. The predicted octanol–water partition coefficient (Wildman–Crippen LogP) is 2.29. The first-order valence-corrected chi connectivity index (χ1v) is 4.59. The van der Waals surface area contributed by atoms with Crippen LogP contribution in [0.15, 0.2) is 18.6 Å². The summed E-state index contributed by atoms with van der Waals surface area (Å²) >= 11 is 0. The molecule has 1 aromatic rings. The van der Waals surface area contributed by atoms with E-state index >= 15 is 0 Å². The molecule has 9 heteroatoms. The minimum atomic E-state index is -6.00. The average molecular weight is 255 g/mol. The molecule has 0 aliphatic heterocycles. The standard InChI is InChI=1S/C8H12N2O2.BF4/c1-7(11-2)12-6-8-5-9-3-4-10-8;2-1(3,4)5/h3-5,7H,6H2,1-2H3;/q;-1. The zero-order valence-electron chi connectivity index (χ0n) is 9.32. The van der Waals surface area contributed by atoms with Crippen molar-refractivity contribution in [2.45, 2.75) is 19.8 Å². The van der Waals surface area contributed by atoms with Gasteiger partial charge in [0, 0.05) is 19.5 Å². The van der Waals surface area contributed by atoms with E-state index in [-0.39, 0.29) is 6.29 Å². The second-order valence-electron chi connectivity index (χ2n) is 2.81. The lowest BCUT2D eigenvalue weighted by molar-refractivity contribution is -0.119. The van der Waals surface area contributed by atoms with Crippen molar-refractivity contribution in [1.82, 2.24) is 9.97 Å². The van der Waals surface area contributed by atoms with Crippen LogP contribution in [-0.2, 0) is 16.1 Å². The highest BCUT2D eigenvalue weighted by molar-refractivity contribution is 6.50. The summed E-state index contributed by atoms with van der Waals surface area (Å²) < 4.78 is 49.2. The fraction of sp³-hybridized carbons (Fsp3) is 0.500. The van der Waals surface area contributed by atoms with Crippen molar-refractivity contribution in [2.75, 3.05) is 7.11 Å². The second kappa shape index (κ2) is 7.96. The summed E-state index contributed by atoms with van der Waals surface area (Å²) in [5.74, 6) is 0. The summed E-state index contributed by atoms with van der Waals surface area (Å²) in [6.45, 7) is 2.26. The Bertz CT molecular complexity index is 293. The van der Waals surface area contributed by atoms with Gasteiger partial charge in [-0.05, 0) is 6.92 Å². The van der Waals surface area contributed by atoms with Crippen molar-refractivity contribution >= 4 is 7.25 Å². The largest absolute Gasteiger partial charge is 0.673 e. The molecular weight excluding hydrogens is 243 g/mol. The Morgan fingerprint density at radius 3 is 2.29 bits per heavy atom. The Morgan fingerprint density at radius 1 is 1.29 bits per heavy atom. The third-order valence-electron chi connectivity index (χ3n) is 1.41. The number of ether oxygens (including phenoxy) is 2. The van der Waals surface area contributed by atoms with E-state index in [1.54, 1.807) is 25.7 Å². The van der Waals surface area contributed by atoms with Crippen LogP contribution >= 0.6 is 0 Å². The van der Waals surface area contributed by atoms with Crippen molar-refractivity contribution < 1.29 is 26.7 Å². The maximum Gasteiger partial charge on any atom is 0.673 e. The molecule has 1 aromatic heterocycles. The normalized spacial score (nSPS) is 12.6. The Balaban J connectivity index is 0.000000437.